The van der Waals surface area contributed by atoms with E-state index in [4.69, 9.17) is 4.74 Å². The van der Waals surface area contributed by atoms with Gasteiger partial charge in [0.2, 0.25) is 0 Å². The van der Waals surface area contributed by atoms with Crippen molar-refractivity contribution in [3.05, 3.63) is 71.3 Å². The predicted octanol–water partition coefficient (Wildman–Crippen LogP) is 4.38. The molecule has 5 heteroatoms. The van der Waals surface area contributed by atoms with Gasteiger partial charge in [-0.3, -0.25) is 4.79 Å². The number of likely N-dealkylation sites (tertiary alicyclic amines) is 1. The summed E-state index contributed by atoms with van der Waals surface area (Å²) in [6.07, 6.45) is 1.47. The van der Waals surface area contributed by atoms with E-state index in [9.17, 15) is 13.6 Å². The number of nitrogens with zero attached hydrogens (tertiary/aromatic N) is 1. The molecule has 0 aromatic heterocycles. The third-order valence-electron chi connectivity index (χ3n) is 4.91. The molecule has 0 aliphatic carbocycles. The van der Waals surface area contributed by atoms with Crippen LogP contribution < -0.4 is 4.74 Å². The van der Waals surface area contributed by atoms with Crippen LogP contribution in [-0.2, 0) is 0 Å². The molecule has 0 radical (unpaired) electrons. The van der Waals surface area contributed by atoms with E-state index >= 15 is 0 Å². The van der Waals surface area contributed by atoms with Crippen LogP contribution in [0.4, 0.5) is 8.78 Å². The van der Waals surface area contributed by atoms with Gasteiger partial charge in [0, 0.05) is 37.1 Å². The Morgan fingerprint density at radius 2 is 1.77 bits per heavy atom. The molecule has 1 saturated heterocycles. The lowest BCUT2D eigenvalue weighted by atomic mass is 9.94. The van der Waals surface area contributed by atoms with Crippen molar-refractivity contribution in [1.29, 1.82) is 0 Å². The first-order chi connectivity index (χ1) is 12.5. The Balaban J connectivity index is 1.58. The van der Waals surface area contributed by atoms with Crippen LogP contribution in [0.2, 0.25) is 0 Å². The largest absolute Gasteiger partial charge is 0.489 e. The third kappa shape index (κ3) is 3.21. The molecule has 26 heavy (non-hydrogen) atoms. The van der Waals surface area contributed by atoms with Gasteiger partial charge in [0.1, 0.15) is 12.4 Å². The Kier molecular flexibility index (Phi) is 4.23. The van der Waals surface area contributed by atoms with Gasteiger partial charge in [-0.25, -0.2) is 8.78 Å². The number of piperidine rings is 1. The Morgan fingerprint density at radius 1 is 1.04 bits per heavy atom. The van der Waals surface area contributed by atoms with Crippen LogP contribution >= 0.6 is 0 Å². The lowest BCUT2D eigenvalue weighted by Crippen LogP contribution is -2.42. The number of fused-ring (bicyclic) bond motifs is 1. The molecule has 0 bridgehead atoms. The van der Waals surface area contributed by atoms with E-state index < -0.39 is 5.92 Å². The fraction of sp³-hybridized carbons (Fsp3) is 0.286. The number of hydrogen-bond acceptors (Lipinski definition) is 2. The van der Waals surface area contributed by atoms with Crippen molar-refractivity contribution in [2.45, 2.75) is 18.8 Å². The quantitative estimate of drug-likeness (QED) is 0.800. The molecule has 2 aliphatic heterocycles. The summed E-state index contributed by atoms with van der Waals surface area (Å²) >= 11 is 0. The number of rotatable bonds is 2. The highest BCUT2D eigenvalue weighted by atomic mass is 19.3. The number of alkyl halides is 2. The monoisotopic (exact) mass is 355 g/mol. The SMILES string of the molecule is O=C(c1ccc2c(c1)OCC=C2c1ccccc1)N1CCC(F)(F)CC1. The lowest BCUT2D eigenvalue weighted by molar-refractivity contribution is -0.0494. The minimum atomic E-state index is -2.66. The second kappa shape index (κ2) is 6.56. The van der Waals surface area contributed by atoms with Gasteiger partial charge in [0.15, 0.2) is 0 Å². The molecular weight excluding hydrogens is 336 g/mol. The number of carbonyl (C=O) groups is 1. The normalized spacial score (nSPS) is 18.5. The smallest absolute Gasteiger partial charge is 0.253 e. The van der Waals surface area contributed by atoms with Crippen molar-refractivity contribution in [2.75, 3.05) is 19.7 Å². The molecule has 134 valence electrons. The maximum Gasteiger partial charge on any atom is 0.253 e. The minimum absolute atomic E-state index is 0.0823. The topological polar surface area (TPSA) is 29.5 Å². The molecule has 4 rings (SSSR count). The molecule has 3 nitrogen and oxygen atoms in total. The Hall–Kier alpha value is -2.69. The molecule has 0 spiro atoms. The van der Waals surface area contributed by atoms with E-state index in [0.29, 0.717) is 17.9 Å². The summed E-state index contributed by atoms with van der Waals surface area (Å²) in [5.41, 5.74) is 3.57. The molecule has 1 amide bonds. The zero-order valence-electron chi connectivity index (χ0n) is 14.3. The zero-order chi connectivity index (χ0) is 18.1. The molecule has 0 atom stereocenters. The molecule has 2 aliphatic rings. The molecular formula is C21H19F2NO2. The van der Waals surface area contributed by atoms with Crippen LogP contribution in [-0.4, -0.2) is 36.4 Å². The molecule has 1 fully saturated rings. The summed E-state index contributed by atoms with van der Waals surface area (Å²) in [5, 5.41) is 0. The van der Waals surface area contributed by atoms with Crippen LogP contribution in [0.25, 0.3) is 5.57 Å². The maximum absolute atomic E-state index is 13.3. The van der Waals surface area contributed by atoms with Crippen LogP contribution in [0.5, 0.6) is 5.75 Å². The van der Waals surface area contributed by atoms with Crippen LogP contribution in [0.3, 0.4) is 0 Å². The fourth-order valence-corrected chi connectivity index (χ4v) is 3.43. The first kappa shape index (κ1) is 16.8. The lowest BCUT2D eigenvalue weighted by Gasteiger charge is -2.32. The standard InChI is InChI=1S/C21H19F2NO2/c22-21(23)9-11-24(12-10-21)20(25)16-6-7-18-17(8-13-26-19(18)14-16)15-4-2-1-3-5-15/h1-8,14H,9-13H2. The van der Waals surface area contributed by atoms with E-state index in [1.807, 2.05) is 42.5 Å². The van der Waals surface area contributed by atoms with Crippen molar-refractivity contribution >= 4 is 11.5 Å². The van der Waals surface area contributed by atoms with E-state index in [0.717, 1.165) is 16.7 Å². The second-order valence-corrected chi connectivity index (χ2v) is 6.65. The number of benzene rings is 2. The average Bonchev–Trinajstić information content (AvgIpc) is 2.67. The van der Waals surface area contributed by atoms with Crippen molar-refractivity contribution < 1.29 is 18.3 Å². The Labute approximate surface area is 150 Å². The third-order valence-corrected chi connectivity index (χ3v) is 4.91. The van der Waals surface area contributed by atoms with Gasteiger partial charge in [-0.15, -0.1) is 0 Å². The number of hydrogen-bond donors (Lipinski definition) is 0. The molecule has 2 aromatic rings. The average molecular weight is 355 g/mol. The first-order valence-corrected chi connectivity index (χ1v) is 8.73. The van der Waals surface area contributed by atoms with Gasteiger partial charge >= 0.3 is 0 Å². The first-order valence-electron chi connectivity index (χ1n) is 8.73. The minimum Gasteiger partial charge on any atom is -0.489 e. The zero-order valence-corrected chi connectivity index (χ0v) is 14.3. The van der Waals surface area contributed by atoms with E-state index in [1.54, 1.807) is 12.1 Å². The summed E-state index contributed by atoms with van der Waals surface area (Å²) in [4.78, 5) is 14.2. The van der Waals surface area contributed by atoms with Crippen LogP contribution in [0.1, 0.15) is 34.3 Å². The fourth-order valence-electron chi connectivity index (χ4n) is 3.43. The van der Waals surface area contributed by atoms with E-state index in [-0.39, 0.29) is 31.8 Å². The van der Waals surface area contributed by atoms with E-state index in [2.05, 4.69) is 0 Å². The van der Waals surface area contributed by atoms with Gasteiger partial charge in [-0.1, -0.05) is 30.3 Å². The highest BCUT2D eigenvalue weighted by Crippen LogP contribution is 2.35. The van der Waals surface area contributed by atoms with Crippen molar-refractivity contribution in [1.82, 2.24) is 4.90 Å². The highest BCUT2D eigenvalue weighted by molar-refractivity contribution is 5.96. The molecule has 2 aromatic carbocycles. The highest BCUT2D eigenvalue weighted by Gasteiger charge is 2.36. The van der Waals surface area contributed by atoms with Gasteiger partial charge in [-0.05, 0) is 35.4 Å². The number of carbonyl (C=O) groups excluding carboxylic acids is 1. The number of amides is 1. The molecule has 0 unspecified atom stereocenters. The summed E-state index contributed by atoms with van der Waals surface area (Å²) in [5.74, 6) is -2.23. The van der Waals surface area contributed by atoms with Gasteiger partial charge in [0.05, 0.1) is 0 Å². The molecule has 2 heterocycles. The summed E-state index contributed by atoms with van der Waals surface area (Å²) in [6.45, 7) is 0.600. The molecule has 0 saturated carbocycles. The van der Waals surface area contributed by atoms with Gasteiger partial charge < -0.3 is 9.64 Å². The predicted molar refractivity (Wildman–Crippen MR) is 95.5 cm³/mol. The van der Waals surface area contributed by atoms with Gasteiger partial charge in [0.25, 0.3) is 11.8 Å². The van der Waals surface area contributed by atoms with Crippen molar-refractivity contribution in [3.8, 4) is 5.75 Å². The number of halogens is 2. The summed E-state index contributed by atoms with van der Waals surface area (Å²) < 4.78 is 32.3. The Bertz CT molecular complexity index is 852. The van der Waals surface area contributed by atoms with Crippen molar-refractivity contribution in [2.24, 2.45) is 0 Å². The number of ether oxygens (including phenoxy) is 1. The maximum atomic E-state index is 13.3. The van der Waals surface area contributed by atoms with Crippen molar-refractivity contribution in [3.63, 3.8) is 0 Å². The second-order valence-electron chi connectivity index (χ2n) is 6.65. The van der Waals surface area contributed by atoms with E-state index in [1.165, 1.54) is 4.90 Å². The summed E-state index contributed by atoms with van der Waals surface area (Å²) in [7, 11) is 0. The van der Waals surface area contributed by atoms with Crippen LogP contribution in [0.15, 0.2) is 54.6 Å². The summed E-state index contributed by atoms with van der Waals surface area (Å²) in [6, 6.07) is 15.3. The molecule has 0 N–H and O–H groups in total. The van der Waals surface area contributed by atoms with Crippen LogP contribution in [0, 0.1) is 0 Å². The van der Waals surface area contributed by atoms with Gasteiger partial charge in [-0.2, -0.15) is 0 Å². The Morgan fingerprint density at radius 3 is 2.50 bits per heavy atom.